The number of carbonyl (C=O) groups excluding carboxylic acids is 3. The zero-order valence-corrected chi connectivity index (χ0v) is 19.1. The maximum absolute atomic E-state index is 12.3. The van der Waals surface area contributed by atoms with Crippen molar-refractivity contribution < 1.29 is 72.5 Å². The molecule has 9 nitrogen and oxygen atoms in total. The van der Waals surface area contributed by atoms with E-state index in [1.54, 1.807) is 0 Å². The summed E-state index contributed by atoms with van der Waals surface area (Å²) >= 11 is 0. The smallest absolute Gasteiger partial charge is 1.00 e. The molecule has 0 saturated carbocycles. The molecule has 1 N–H and O–H groups in total. The molecule has 0 aliphatic carbocycles. The summed E-state index contributed by atoms with van der Waals surface area (Å²) in [5.74, 6) is -2.50. The molecule has 1 unspecified atom stereocenters. The topological polar surface area (TPSA) is 133 Å². The van der Waals surface area contributed by atoms with Crippen molar-refractivity contribution >= 4 is 28.0 Å². The van der Waals surface area contributed by atoms with Crippen LogP contribution in [0.1, 0.15) is 29.1 Å². The van der Waals surface area contributed by atoms with Gasteiger partial charge in [-0.3, -0.25) is 9.35 Å². The summed E-state index contributed by atoms with van der Waals surface area (Å²) in [6, 6.07) is 0. The maximum atomic E-state index is 12.3. The average Bonchev–Trinajstić information content (AvgIpc) is 2.53. The van der Waals surface area contributed by atoms with E-state index in [1.165, 1.54) is 20.8 Å². The zero-order chi connectivity index (χ0) is 20.7. The van der Waals surface area contributed by atoms with Crippen LogP contribution >= 0.6 is 0 Å². The summed E-state index contributed by atoms with van der Waals surface area (Å²) in [6.07, 6.45) is 0. The van der Waals surface area contributed by atoms with E-state index in [1.807, 2.05) is 0 Å². The summed E-state index contributed by atoms with van der Waals surface area (Å²) < 4.78 is 45.6. The molecule has 0 aromatic carbocycles. The van der Waals surface area contributed by atoms with E-state index in [0.717, 1.165) is 6.92 Å². The van der Waals surface area contributed by atoms with Gasteiger partial charge in [0, 0.05) is 11.1 Å². The Morgan fingerprint density at radius 3 is 1.70 bits per heavy atom. The molecule has 0 saturated heterocycles. The van der Waals surface area contributed by atoms with Crippen LogP contribution in [0.5, 0.6) is 0 Å². The first-order valence-corrected chi connectivity index (χ1v) is 9.00. The van der Waals surface area contributed by atoms with Crippen molar-refractivity contribution in [3.8, 4) is 0 Å². The number of ether oxygens (including phenoxy) is 3. The van der Waals surface area contributed by atoms with Gasteiger partial charge in [-0.05, 0) is 27.7 Å². The van der Waals surface area contributed by atoms with E-state index in [-0.39, 0.29) is 42.1 Å². The van der Waals surface area contributed by atoms with Gasteiger partial charge in [-0.1, -0.05) is 13.2 Å². The fourth-order valence-electron chi connectivity index (χ4n) is 1.31. The van der Waals surface area contributed by atoms with Crippen molar-refractivity contribution in [2.75, 3.05) is 19.8 Å². The van der Waals surface area contributed by atoms with Crippen LogP contribution in [0.4, 0.5) is 0 Å². The van der Waals surface area contributed by atoms with E-state index < -0.39 is 58.5 Å². The minimum absolute atomic E-state index is 0. The van der Waals surface area contributed by atoms with E-state index >= 15 is 0 Å². The van der Waals surface area contributed by atoms with Crippen molar-refractivity contribution in [3.63, 3.8) is 0 Å². The molecule has 11 heteroatoms. The molecule has 0 radical (unpaired) electrons. The van der Waals surface area contributed by atoms with Crippen LogP contribution in [0.15, 0.2) is 24.3 Å². The Bertz CT molecular complexity index is 673. The van der Waals surface area contributed by atoms with Crippen molar-refractivity contribution in [3.05, 3.63) is 24.3 Å². The third-order valence-electron chi connectivity index (χ3n) is 3.19. The minimum atomic E-state index is -4.39. The van der Waals surface area contributed by atoms with E-state index in [4.69, 9.17) is 18.8 Å². The molecule has 0 bridgehead atoms. The molecule has 0 amide bonds. The Balaban J connectivity index is -0.00000312. The number of hydrogen-bond donors (Lipinski definition) is 1. The Labute approximate surface area is 182 Å². The Kier molecular flexibility index (Phi) is 12.0. The second-order valence-electron chi connectivity index (χ2n) is 6.20. The van der Waals surface area contributed by atoms with Gasteiger partial charge in [-0.2, -0.15) is 8.42 Å². The quantitative estimate of drug-likeness (QED) is 0.143. The Morgan fingerprint density at radius 2 is 1.41 bits per heavy atom. The second kappa shape index (κ2) is 11.6. The molecular formula is C16H25NaO9S. The first kappa shape index (κ1) is 28.0. The Hall–Kier alpha value is -1.20. The van der Waals surface area contributed by atoms with Crippen molar-refractivity contribution in [2.45, 2.75) is 32.9 Å². The van der Waals surface area contributed by atoms with E-state index in [0.29, 0.717) is 0 Å². The molecule has 0 aliphatic heterocycles. The third kappa shape index (κ3) is 10.1. The molecule has 150 valence electrons. The van der Waals surface area contributed by atoms with Gasteiger partial charge in [-0.25, -0.2) is 9.59 Å². The van der Waals surface area contributed by atoms with E-state index in [2.05, 4.69) is 13.2 Å². The molecule has 0 fully saturated rings. The van der Waals surface area contributed by atoms with Crippen LogP contribution in [0, 0.1) is 5.41 Å². The standard InChI is InChI=1S/C16H24O9S.Na.H/c1-10(2)13(17)24-8-16(6,9-25-14(18)11(3)4)15(19)23-7-12(5)26(20,21)22;;/h12H,1,3,7-9H2,2,4-6H3,(H,20,21,22);;/q;+1;-1. The monoisotopic (exact) mass is 416 g/mol. The SMILES string of the molecule is C=C(C)C(=O)OCC(C)(COC(=O)C(=C)C)C(=O)OCC(C)S(=O)(=O)O.[H-].[Na+]. The summed E-state index contributed by atoms with van der Waals surface area (Å²) in [4.78, 5) is 35.4. The van der Waals surface area contributed by atoms with Crippen LogP contribution in [-0.4, -0.2) is 55.9 Å². The molecular weight excluding hydrogens is 391 g/mol. The molecule has 0 aromatic heterocycles. The second-order valence-corrected chi connectivity index (χ2v) is 8.03. The average molecular weight is 416 g/mol. The number of carbonyl (C=O) groups is 3. The summed E-state index contributed by atoms with van der Waals surface area (Å²) in [5.41, 5.74) is -1.41. The molecule has 0 aliphatic rings. The molecule has 1 atom stereocenters. The predicted molar refractivity (Wildman–Crippen MR) is 92.7 cm³/mol. The van der Waals surface area contributed by atoms with Gasteiger partial charge < -0.3 is 15.6 Å². The number of hydrogen-bond acceptors (Lipinski definition) is 8. The number of esters is 3. The van der Waals surface area contributed by atoms with Crippen LogP contribution in [0.3, 0.4) is 0 Å². The van der Waals surface area contributed by atoms with Gasteiger partial charge in [0.1, 0.15) is 30.5 Å². The van der Waals surface area contributed by atoms with Gasteiger partial charge >= 0.3 is 47.5 Å². The summed E-state index contributed by atoms with van der Waals surface area (Å²) in [6.45, 7) is 10.4. The fraction of sp³-hybridized carbons (Fsp3) is 0.562. The first-order chi connectivity index (χ1) is 11.7. The van der Waals surface area contributed by atoms with E-state index in [9.17, 15) is 22.8 Å². The van der Waals surface area contributed by atoms with Crippen LogP contribution < -0.4 is 29.6 Å². The Morgan fingerprint density at radius 1 is 1.04 bits per heavy atom. The maximum Gasteiger partial charge on any atom is 1.00 e. The van der Waals surface area contributed by atoms with Crippen LogP contribution in [-0.2, 0) is 38.7 Å². The zero-order valence-electron chi connectivity index (χ0n) is 17.2. The largest absolute Gasteiger partial charge is 1.00 e. The van der Waals surface area contributed by atoms with Crippen LogP contribution in [0.25, 0.3) is 0 Å². The molecule has 0 spiro atoms. The number of rotatable bonds is 10. The van der Waals surface area contributed by atoms with Gasteiger partial charge in [0.25, 0.3) is 10.1 Å². The normalized spacial score (nSPS) is 12.2. The van der Waals surface area contributed by atoms with Crippen molar-refractivity contribution in [1.29, 1.82) is 0 Å². The van der Waals surface area contributed by atoms with Crippen molar-refractivity contribution in [1.82, 2.24) is 0 Å². The molecule has 0 heterocycles. The van der Waals surface area contributed by atoms with Gasteiger partial charge in [0.15, 0.2) is 0 Å². The third-order valence-corrected chi connectivity index (χ3v) is 4.34. The van der Waals surface area contributed by atoms with Gasteiger partial charge in [0.05, 0.1) is 0 Å². The molecule has 0 aromatic rings. The molecule has 27 heavy (non-hydrogen) atoms. The van der Waals surface area contributed by atoms with Crippen LogP contribution in [0.2, 0.25) is 0 Å². The first-order valence-electron chi connectivity index (χ1n) is 7.49. The molecule has 0 rings (SSSR count). The summed E-state index contributed by atoms with van der Waals surface area (Å²) in [7, 11) is -4.39. The van der Waals surface area contributed by atoms with Gasteiger partial charge in [-0.15, -0.1) is 0 Å². The minimum Gasteiger partial charge on any atom is -1.00 e. The van der Waals surface area contributed by atoms with Gasteiger partial charge in [0.2, 0.25) is 0 Å². The predicted octanol–water partition coefficient (Wildman–Crippen LogP) is -1.83. The fourth-order valence-corrected chi connectivity index (χ4v) is 1.55. The van der Waals surface area contributed by atoms with Crippen molar-refractivity contribution in [2.24, 2.45) is 5.41 Å². The summed E-state index contributed by atoms with van der Waals surface area (Å²) in [5, 5.41) is -1.35.